The van der Waals surface area contributed by atoms with Crippen LogP contribution in [0.2, 0.25) is 0 Å². The number of hydrogen-bond acceptors (Lipinski definition) is 3. The highest BCUT2D eigenvalue weighted by atomic mass is 16.5. The summed E-state index contributed by atoms with van der Waals surface area (Å²) in [7, 11) is 0. The molecule has 5 heteroatoms. The van der Waals surface area contributed by atoms with Crippen molar-refractivity contribution in [3.8, 4) is 0 Å². The fraction of sp³-hybridized carbons (Fsp3) is 0.520. The Hall–Kier alpha value is -2.56. The van der Waals surface area contributed by atoms with Crippen LogP contribution < -0.4 is 0 Å². The van der Waals surface area contributed by atoms with Crippen LogP contribution in [-0.2, 0) is 22.5 Å². The van der Waals surface area contributed by atoms with E-state index in [2.05, 4.69) is 56.5 Å². The van der Waals surface area contributed by atoms with E-state index in [4.69, 9.17) is 4.74 Å². The third kappa shape index (κ3) is 4.45. The minimum absolute atomic E-state index is 0.0245. The second-order valence-electron chi connectivity index (χ2n) is 8.31. The van der Waals surface area contributed by atoms with Gasteiger partial charge in [0.15, 0.2) is 0 Å². The van der Waals surface area contributed by atoms with Crippen molar-refractivity contribution in [1.82, 2.24) is 9.47 Å². The van der Waals surface area contributed by atoms with Gasteiger partial charge in [-0.2, -0.15) is 0 Å². The van der Waals surface area contributed by atoms with Gasteiger partial charge in [0.05, 0.1) is 12.5 Å². The number of piperidine rings is 1. The molecular weight excluding hydrogens is 376 g/mol. The molecule has 1 atom stereocenters. The molecule has 0 aliphatic carbocycles. The number of carbonyl (C=O) groups is 2. The van der Waals surface area contributed by atoms with E-state index in [0.717, 1.165) is 36.2 Å². The number of amides is 1. The minimum Gasteiger partial charge on any atom is -0.466 e. The van der Waals surface area contributed by atoms with Crippen LogP contribution in [0.15, 0.2) is 24.3 Å². The Morgan fingerprint density at radius 3 is 2.43 bits per heavy atom. The summed E-state index contributed by atoms with van der Waals surface area (Å²) in [5.74, 6) is -0.390. The molecule has 0 radical (unpaired) electrons. The summed E-state index contributed by atoms with van der Waals surface area (Å²) >= 11 is 0. The maximum atomic E-state index is 13.6. The Balaban J connectivity index is 1.92. The number of esters is 1. The average molecular weight is 411 g/mol. The predicted molar refractivity (Wildman–Crippen MR) is 119 cm³/mol. The first kappa shape index (κ1) is 22.1. The molecule has 5 nitrogen and oxygen atoms in total. The minimum atomic E-state index is -0.227. The van der Waals surface area contributed by atoms with E-state index < -0.39 is 0 Å². The fourth-order valence-corrected chi connectivity index (χ4v) is 4.58. The van der Waals surface area contributed by atoms with Gasteiger partial charge in [-0.05, 0) is 63.6 Å². The van der Waals surface area contributed by atoms with Gasteiger partial charge in [-0.1, -0.05) is 36.8 Å². The van der Waals surface area contributed by atoms with Gasteiger partial charge < -0.3 is 14.2 Å². The Kier molecular flexibility index (Phi) is 7.01. The molecule has 0 bridgehead atoms. The van der Waals surface area contributed by atoms with Crippen LogP contribution in [0.1, 0.15) is 65.1 Å². The Bertz CT molecular complexity index is 911. The molecule has 0 spiro atoms. The Morgan fingerprint density at radius 1 is 1.10 bits per heavy atom. The molecule has 1 amide bonds. The molecule has 1 aromatic carbocycles. The largest absolute Gasteiger partial charge is 0.466 e. The van der Waals surface area contributed by atoms with Gasteiger partial charge in [0.1, 0.15) is 5.69 Å². The summed E-state index contributed by atoms with van der Waals surface area (Å²) in [5.41, 5.74) is 6.61. The number of ether oxygens (including phenoxy) is 1. The normalized spacial score (nSPS) is 16.6. The lowest BCUT2D eigenvalue weighted by Gasteiger charge is -2.32. The van der Waals surface area contributed by atoms with Crippen LogP contribution in [0.4, 0.5) is 0 Å². The highest BCUT2D eigenvalue weighted by Crippen LogP contribution is 2.27. The highest BCUT2D eigenvalue weighted by molar-refractivity contribution is 5.95. The summed E-state index contributed by atoms with van der Waals surface area (Å²) in [4.78, 5) is 27.7. The molecular formula is C25H34N2O3. The first-order chi connectivity index (χ1) is 14.4. The number of aromatic nitrogens is 1. The molecule has 0 N–H and O–H groups in total. The van der Waals surface area contributed by atoms with Crippen LogP contribution in [-0.4, -0.2) is 41.0 Å². The molecule has 3 rings (SSSR count). The zero-order chi connectivity index (χ0) is 21.8. The molecule has 1 fully saturated rings. The molecule has 1 aliphatic rings. The smallest absolute Gasteiger partial charge is 0.310 e. The maximum absolute atomic E-state index is 13.6. The molecule has 30 heavy (non-hydrogen) atoms. The van der Waals surface area contributed by atoms with Crippen LogP contribution in [0, 0.1) is 26.7 Å². The summed E-state index contributed by atoms with van der Waals surface area (Å²) in [5, 5.41) is 0. The van der Waals surface area contributed by atoms with E-state index in [9.17, 15) is 9.59 Å². The van der Waals surface area contributed by atoms with Crippen LogP contribution in [0.5, 0.6) is 0 Å². The summed E-state index contributed by atoms with van der Waals surface area (Å²) < 4.78 is 7.37. The first-order valence-electron chi connectivity index (χ1n) is 11.1. The topological polar surface area (TPSA) is 51.5 Å². The second-order valence-corrected chi connectivity index (χ2v) is 8.31. The zero-order valence-corrected chi connectivity index (χ0v) is 19.0. The number of benzene rings is 1. The van der Waals surface area contributed by atoms with Crippen molar-refractivity contribution >= 4 is 11.9 Å². The van der Waals surface area contributed by atoms with Crippen LogP contribution >= 0.6 is 0 Å². The second kappa shape index (κ2) is 9.50. The predicted octanol–water partition coefficient (Wildman–Crippen LogP) is 4.44. The van der Waals surface area contributed by atoms with Crippen LogP contribution in [0.3, 0.4) is 0 Å². The Morgan fingerprint density at radius 2 is 1.80 bits per heavy atom. The lowest BCUT2D eigenvalue weighted by atomic mass is 9.97. The molecule has 1 saturated heterocycles. The summed E-state index contributed by atoms with van der Waals surface area (Å²) in [6, 6.07) is 8.47. The molecule has 1 aliphatic heterocycles. The van der Waals surface area contributed by atoms with Crippen molar-refractivity contribution in [2.24, 2.45) is 5.92 Å². The monoisotopic (exact) mass is 410 g/mol. The van der Waals surface area contributed by atoms with E-state index in [1.807, 2.05) is 11.8 Å². The third-order valence-electron chi connectivity index (χ3n) is 6.27. The number of aryl methyl sites for hydroxylation is 1. The van der Waals surface area contributed by atoms with Gasteiger partial charge in [0.2, 0.25) is 0 Å². The van der Waals surface area contributed by atoms with Gasteiger partial charge in [-0.3, -0.25) is 9.59 Å². The number of hydrogen-bond donors (Lipinski definition) is 0. The van der Waals surface area contributed by atoms with Gasteiger partial charge >= 0.3 is 5.97 Å². The molecule has 162 valence electrons. The molecule has 1 aromatic heterocycles. The quantitative estimate of drug-likeness (QED) is 0.662. The van der Waals surface area contributed by atoms with Crippen molar-refractivity contribution in [2.75, 3.05) is 19.7 Å². The summed E-state index contributed by atoms with van der Waals surface area (Å²) in [6.07, 6.45) is 2.50. The van der Waals surface area contributed by atoms with Gasteiger partial charge in [-0.25, -0.2) is 0 Å². The first-order valence-corrected chi connectivity index (χ1v) is 11.1. The third-order valence-corrected chi connectivity index (χ3v) is 6.27. The van der Waals surface area contributed by atoms with Crippen molar-refractivity contribution in [3.05, 3.63) is 57.9 Å². The number of likely N-dealkylation sites (tertiary alicyclic amines) is 1. The standard InChI is InChI=1S/C25H34N2O3/c1-6-22-18(4)23(27(19(22)5)15-20-12-10-17(3)11-13-20)24(28)26-14-8-9-21(16-26)25(29)30-7-2/h10-13,21H,6-9,14-16H2,1-5H3/t21-/m1/s1. The fourth-order valence-electron chi connectivity index (χ4n) is 4.58. The van der Waals surface area contributed by atoms with Crippen molar-refractivity contribution in [1.29, 1.82) is 0 Å². The lowest BCUT2D eigenvalue weighted by Crippen LogP contribution is -2.43. The van der Waals surface area contributed by atoms with Crippen molar-refractivity contribution in [3.63, 3.8) is 0 Å². The zero-order valence-electron chi connectivity index (χ0n) is 19.0. The lowest BCUT2D eigenvalue weighted by molar-refractivity contribution is -0.149. The Labute approximate surface area is 180 Å². The van der Waals surface area contributed by atoms with E-state index in [-0.39, 0.29) is 17.8 Å². The van der Waals surface area contributed by atoms with Gasteiger partial charge in [0.25, 0.3) is 5.91 Å². The average Bonchev–Trinajstić information content (AvgIpc) is 2.98. The molecule has 0 saturated carbocycles. The van der Waals surface area contributed by atoms with Gasteiger partial charge in [0, 0.05) is 25.3 Å². The summed E-state index contributed by atoms with van der Waals surface area (Å²) in [6.45, 7) is 12.4. The SMILES string of the molecule is CCOC(=O)[C@@H]1CCCN(C(=O)c2c(C)c(CC)c(C)n2Cc2ccc(C)cc2)C1. The molecule has 2 heterocycles. The van der Waals surface area contributed by atoms with Crippen molar-refractivity contribution in [2.45, 2.75) is 60.4 Å². The van der Waals surface area contributed by atoms with Gasteiger partial charge in [-0.15, -0.1) is 0 Å². The molecule has 2 aromatic rings. The van der Waals surface area contributed by atoms with E-state index in [0.29, 0.717) is 26.2 Å². The maximum Gasteiger partial charge on any atom is 0.310 e. The van der Waals surface area contributed by atoms with Crippen molar-refractivity contribution < 1.29 is 14.3 Å². The highest BCUT2D eigenvalue weighted by Gasteiger charge is 2.32. The van der Waals surface area contributed by atoms with E-state index in [1.54, 1.807) is 0 Å². The van der Waals surface area contributed by atoms with E-state index >= 15 is 0 Å². The number of rotatable bonds is 6. The van der Waals surface area contributed by atoms with E-state index in [1.165, 1.54) is 16.7 Å². The number of nitrogens with zero attached hydrogens (tertiary/aromatic N) is 2. The number of carbonyl (C=O) groups excluding carboxylic acids is 2. The molecule has 0 unspecified atom stereocenters. The van der Waals surface area contributed by atoms with Crippen LogP contribution in [0.25, 0.3) is 0 Å².